The second-order valence-electron chi connectivity index (χ2n) is 23.6. The number of nitrogens with two attached hydrogens (primary N) is 4. The number of amides is 9. The average Bonchev–Trinajstić information content (AvgIpc) is 1.68. The molecule has 28 nitrogen and oxygen atoms in total. The number of ketones is 1. The number of carboxylic acid groups (broad SMARTS) is 1. The first-order valence-electron chi connectivity index (χ1n) is 31.7. The Labute approximate surface area is 553 Å². The van der Waals surface area contributed by atoms with Crippen molar-refractivity contribution in [3.63, 3.8) is 0 Å². The monoisotopic (exact) mass is 1320 g/mol. The zero-order valence-electron chi connectivity index (χ0n) is 52.8. The summed E-state index contributed by atoms with van der Waals surface area (Å²) in [5.41, 5.74) is 30.4. The van der Waals surface area contributed by atoms with Gasteiger partial charge in [-0.3, -0.25) is 62.6 Å². The normalized spacial score (nSPS) is 19.1. The Morgan fingerprint density at radius 3 is 2.18 bits per heavy atom. The molecule has 3 aliphatic rings. The van der Waals surface area contributed by atoms with E-state index in [9.17, 15) is 57.8 Å². The van der Waals surface area contributed by atoms with E-state index in [1.807, 2.05) is 77.5 Å². The Balaban J connectivity index is 0.811. The number of thioether (sulfide) groups is 1. The van der Waals surface area contributed by atoms with Crippen molar-refractivity contribution in [3.05, 3.63) is 120 Å². The molecular formula is C66H82N16O12S. The van der Waals surface area contributed by atoms with Crippen LogP contribution in [0.1, 0.15) is 94.2 Å². The van der Waals surface area contributed by atoms with Gasteiger partial charge in [0.2, 0.25) is 53.2 Å². The fourth-order valence-electron chi connectivity index (χ4n) is 11.4. The van der Waals surface area contributed by atoms with Crippen LogP contribution < -0.4 is 59.7 Å². The molecule has 0 bridgehead atoms. The number of carboxylic acids is 1. The van der Waals surface area contributed by atoms with Gasteiger partial charge in [0.05, 0.1) is 48.2 Å². The number of para-hydroxylation sites is 1. The third-order valence-electron chi connectivity index (χ3n) is 16.6. The fourth-order valence-corrected chi connectivity index (χ4v) is 12.5. The molecule has 0 radical (unpaired) electrons. The molecule has 504 valence electrons. The number of fused-ring (bicyclic) bond motifs is 5. The van der Waals surface area contributed by atoms with Gasteiger partial charge in [0.15, 0.2) is 11.7 Å². The first kappa shape index (κ1) is 71.0. The van der Waals surface area contributed by atoms with Crippen LogP contribution in [-0.4, -0.2) is 170 Å². The molecule has 8 rings (SSSR count). The van der Waals surface area contributed by atoms with Crippen LogP contribution in [0.15, 0.2) is 108 Å². The lowest BCUT2D eigenvalue weighted by Crippen LogP contribution is -2.55. The van der Waals surface area contributed by atoms with Crippen molar-refractivity contribution in [2.75, 3.05) is 43.4 Å². The number of anilines is 1. The summed E-state index contributed by atoms with van der Waals surface area (Å²) in [6, 6.07) is 26.8. The zero-order chi connectivity index (χ0) is 68.1. The van der Waals surface area contributed by atoms with E-state index in [2.05, 4.69) is 54.1 Å². The van der Waals surface area contributed by atoms with Gasteiger partial charge in [-0.05, 0) is 86.3 Å². The number of nitrogens with one attached hydrogen (secondary N) is 6. The molecule has 4 heterocycles. The molecule has 15 N–H and O–H groups in total. The van der Waals surface area contributed by atoms with Gasteiger partial charge < -0.3 is 64.8 Å². The van der Waals surface area contributed by atoms with Gasteiger partial charge in [0, 0.05) is 80.7 Å². The van der Waals surface area contributed by atoms with E-state index in [0.717, 1.165) is 57.6 Å². The minimum Gasteiger partial charge on any atom is -0.481 e. The maximum Gasteiger partial charge on any atom is 0.305 e. The molecule has 7 atom stereocenters. The van der Waals surface area contributed by atoms with Crippen molar-refractivity contribution in [1.29, 1.82) is 0 Å². The predicted molar refractivity (Wildman–Crippen MR) is 354 cm³/mol. The number of aliphatic carboxylic acids is 1. The SMILES string of the molecule is CCC(N)Cc1ccc(-n2nnc3c2-c2ccccc2CN(C(=O)CCNC(=O)CCN2C(=O)CC(SC[C@H](N)C(=O)NCCCC[C@@H]4NC(=O)[C@@H](Cc5ccccc5)CC(=O)[C@H](CC(=O)O)NC(=O)CNC(=O)[C@H](CCCN=C(N)N)NC4=O)C2=O)c2ccccc2-3)cc1. The topological polar surface area (TPSA) is 434 Å². The highest BCUT2D eigenvalue weighted by atomic mass is 32.2. The maximum atomic E-state index is 14.2. The number of aliphatic imine (C=N–C) groups is 1. The van der Waals surface area contributed by atoms with Crippen molar-refractivity contribution in [2.45, 2.75) is 132 Å². The summed E-state index contributed by atoms with van der Waals surface area (Å²) < 4.78 is 1.81. The van der Waals surface area contributed by atoms with Crippen LogP contribution in [0, 0.1) is 5.92 Å². The van der Waals surface area contributed by atoms with Crippen molar-refractivity contribution < 1.29 is 57.8 Å². The third-order valence-corrected chi connectivity index (χ3v) is 17.9. The highest BCUT2D eigenvalue weighted by molar-refractivity contribution is 8.00. The number of Topliss-reactive ketones (excluding diaryl/α,β-unsaturated/α-hetero) is 1. The summed E-state index contributed by atoms with van der Waals surface area (Å²) in [5.74, 6) is -9.03. The molecule has 2 fully saturated rings. The number of benzene rings is 4. The zero-order valence-corrected chi connectivity index (χ0v) is 53.7. The molecule has 0 spiro atoms. The highest BCUT2D eigenvalue weighted by Gasteiger charge is 2.40. The van der Waals surface area contributed by atoms with Gasteiger partial charge >= 0.3 is 5.97 Å². The Morgan fingerprint density at radius 1 is 0.747 bits per heavy atom. The lowest BCUT2D eigenvalue weighted by atomic mass is 9.90. The number of rotatable bonds is 27. The summed E-state index contributed by atoms with van der Waals surface area (Å²) in [6.45, 7) is 1.53. The highest BCUT2D eigenvalue weighted by Crippen LogP contribution is 2.42. The molecule has 9 amide bonds. The van der Waals surface area contributed by atoms with Crippen LogP contribution >= 0.6 is 11.8 Å². The first-order chi connectivity index (χ1) is 45.7. The molecule has 0 saturated carbocycles. The maximum absolute atomic E-state index is 14.2. The van der Waals surface area contributed by atoms with E-state index < -0.39 is 114 Å². The lowest BCUT2D eigenvalue weighted by molar-refractivity contribution is -0.141. The van der Waals surface area contributed by atoms with Crippen molar-refractivity contribution in [3.8, 4) is 28.2 Å². The van der Waals surface area contributed by atoms with E-state index >= 15 is 0 Å². The van der Waals surface area contributed by atoms with Gasteiger partial charge in [0.25, 0.3) is 0 Å². The summed E-state index contributed by atoms with van der Waals surface area (Å²) in [6.07, 6.45) is 0.506. The molecule has 4 aromatic carbocycles. The molecule has 2 saturated heterocycles. The molecule has 95 heavy (non-hydrogen) atoms. The largest absolute Gasteiger partial charge is 0.481 e. The van der Waals surface area contributed by atoms with Crippen molar-refractivity contribution in [1.82, 2.24) is 51.8 Å². The number of unbranched alkanes of at least 4 members (excludes halogenated alkanes) is 1. The Morgan fingerprint density at radius 2 is 1.44 bits per heavy atom. The number of likely N-dealkylation sites (tertiary alicyclic amines) is 1. The van der Waals surface area contributed by atoms with Crippen molar-refractivity contribution >= 4 is 88.3 Å². The Bertz CT molecular complexity index is 3640. The summed E-state index contributed by atoms with van der Waals surface area (Å²) >= 11 is 1.03. The molecule has 29 heteroatoms. The molecule has 3 aliphatic heterocycles. The van der Waals surface area contributed by atoms with Crippen LogP contribution in [0.4, 0.5) is 5.69 Å². The Kier molecular flexibility index (Phi) is 25.7. The number of aromatic nitrogens is 3. The third kappa shape index (κ3) is 19.8. The smallest absolute Gasteiger partial charge is 0.305 e. The number of hydrogen-bond acceptors (Lipinski definition) is 17. The minimum atomic E-state index is -1.55. The Hall–Kier alpha value is -9.87. The minimum absolute atomic E-state index is 0.00407. The summed E-state index contributed by atoms with van der Waals surface area (Å²) in [4.78, 5) is 154. The second-order valence-corrected chi connectivity index (χ2v) is 24.8. The van der Waals surface area contributed by atoms with Gasteiger partial charge in [-0.25, -0.2) is 4.68 Å². The van der Waals surface area contributed by atoms with Crippen LogP contribution in [0.5, 0.6) is 0 Å². The quantitative estimate of drug-likeness (QED) is 0.0151. The number of carbonyl (C=O) groups is 11. The van der Waals surface area contributed by atoms with Gasteiger partial charge in [-0.1, -0.05) is 97.1 Å². The summed E-state index contributed by atoms with van der Waals surface area (Å²) in [7, 11) is 0. The van der Waals surface area contributed by atoms with Crippen LogP contribution in [0.2, 0.25) is 0 Å². The molecule has 5 aromatic rings. The van der Waals surface area contributed by atoms with Crippen LogP contribution in [0.3, 0.4) is 0 Å². The lowest BCUT2D eigenvalue weighted by Gasteiger charge is -2.28. The fraction of sp³-hybridized carbons (Fsp3) is 0.424. The van der Waals surface area contributed by atoms with Crippen LogP contribution in [-0.2, 0) is 72.1 Å². The number of carbonyl (C=O) groups excluding carboxylic acids is 10. The number of hydrogen-bond donors (Lipinski definition) is 11. The van der Waals surface area contributed by atoms with E-state index in [1.54, 1.807) is 35.2 Å². The van der Waals surface area contributed by atoms with Crippen LogP contribution in [0.25, 0.3) is 28.2 Å². The second kappa shape index (κ2) is 34.3. The molecule has 0 aliphatic carbocycles. The summed E-state index contributed by atoms with van der Waals surface area (Å²) in [5, 5.41) is 33.7. The number of nitrogens with zero attached hydrogens (tertiary/aromatic N) is 6. The predicted octanol–water partition coefficient (Wildman–Crippen LogP) is 1.03. The molecular weight excluding hydrogens is 1240 g/mol. The van der Waals surface area contributed by atoms with E-state index in [4.69, 9.17) is 22.9 Å². The number of imide groups is 1. The first-order valence-corrected chi connectivity index (χ1v) is 32.8. The van der Waals surface area contributed by atoms with Gasteiger partial charge in [-0.2, -0.15) is 0 Å². The van der Waals surface area contributed by atoms with Crippen molar-refractivity contribution in [2.24, 2.45) is 33.8 Å². The van der Waals surface area contributed by atoms with Gasteiger partial charge in [-0.15, -0.1) is 16.9 Å². The van der Waals surface area contributed by atoms with E-state index in [0.29, 0.717) is 22.5 Å². The molecule has 1 aromatic heterocycles. The van der Waals surface area contributed by atoms with E-state index in [-0.39, 0.29) is 114 Å². The number of guanidine groups is 1. The standard InChI is InChI=1S/C66H82N16O12S/c1-2-43(67)32-40-21-23-44(24-22-40)82-60-45-16-7-6-15-41(45)37-81(51-20-9-8-17-46(51)59(60)78-79-82)56(86)25-29-71-54(84)26-30-80-57(87)35-53(65(80)94)95-38-47(68)62(91)72-27-11-10-18-49-64(93)77-48(19-12-28-73-66(69)70)63(92)74-36-55(85)75-50(34-58(88)89)52(83)33-42(61(90)76-49)31-39-13-4-3-5-14-39/h3-9,13-17,20-24,42-43,47-50,53H,2,10-12,18-19,25-38,67-68H2,1H3,(H,71,84)(H,72,91)(H,74,92)(H,75,85)(H,76,90)(H,77,93)(H,88,89)(H4,69,70,73)/t42-,43?,47-,48-,49-,50-,53?/m0/s1. The average molecular weight is 1320 g/mol. The molecule has 2 unspecified atom stereocenters. The van der Waals surface area contributed by atoms with Gasteiger partial charge in [0.1, 0.15) is 23.5 Å². The van der Waals surface area contributed by atoms with E-state index in [1.165, 1.54) is 0 Å².